The molecule has 3 rings (SSSR count). The summed E-state index contributed by atoms with van der Waals surface area (Å²) in [4.78, 5) is 38.0. The van der Waals surface area contributed by atoms with Crippen molar-refractivity contribution in [2.24, 2.45) is 5.92 Å². The molecule has 2 aliphatic rings. The number of hydrogen-bond acceptors (Lipinski definition) is 6. The summed E-state index contributed by atoms with van der Waals surface area (Å²) in [6.45, 7) is 6.42. The first-order chi connectivity index (χ1) is 13.0. The van der Waals surface area contributed by atoms with Gasteiger partial charge < -0.3 is 24.4 Å². The highest BCUT2D eigenvalue weighted by Crippen LogP contribution is 2.36. The van der Waals surface area contributed by atoms with Crippen LogP contribution in [-0.4, -0.2) is 50.2 Å². The zero-order valence-corrected chi connectivity index (χ0v) is 15.1. The molecule has 0 spiro atoms. The van der Waals surface area contributed by atoms with Crippen LogP contribution in [0.3, 0.4) is 0 Å². The Morgan fingerprint density at radius 3 is 2.85 bits per heavy atom. The Hall–Kier alpha value is -3.03. The van der Waals surface area contributed by atoms with Crippen molar-refractivity contribution in [1.29, 1.82) is 0 Å². The monoisotopic (exact) mass is 374 g/mol. The fourth-order valence-electron chi connectivity index (χ4n) is 2.96. The molecule has 1 aromatic rings. The van der Waals surface area contributed by atoms with E-state index in [1.807, 2.05) is 0 Å². The number of nitrogens with one attached hydrogen (secondary N) is 1. The van der Waals surface area contributed by atoms with Gasteiger partial charge in [-0.1, -0.05) is 6.08 Å². The fourth-order valence-corrected chi connectivity index (χ4v) is 2.96. The van der Waals surface area contributed by atoms with E-state index in [-0.39, 0.29) is 18.9 Å². The van der Waals surface area contributed by atoms with Crippen molar-refractivity contribution >= 4 is 23.5 Å². The van der Waals surface area contributed by atoms with Crippen LogP contribution in [0, 0.1) is 5.92 Å². The molecule has 1 fully saturated rings. The molecule has 0 unspecified atom stereocenters. The number of nitrogens with zero attached hydrogens (tertiary/aromatic N) is 1. The smallest absolute Gasteiger partial charge is 0.312 e. The van der Waals surface area contributed by atoms with Gasteiger partial charge in [-0.05, 0) is 19.1 Å². The summed E-state index contributed by atoms with van der Waals surface area (Å²) in [5, 5.41) is 2.56. The van der Waals surface area contributed by atoms with Crippen molar-refractivity contribution < 1.29 is 28.6 Å². The number of hydrogen-bond donors (Lipinski definition) is 1. The fraction of sp³-hybridized carbons (Fsp3) is 0.421. The largest absolute Gasteiger partial charge is 0.486 e. The Bertz CT molecular complexity index is 763. The van der Waals surface area contributed by atoms with Crippen LogP contribution in [0.5, 0.6) is 11.5 Å². The van der Waals surface area contributed by atoms with Crippen LogP contribution in [-0.2, 0) is 19.1 Å². The molecule has 8 heteroatoms. The molecular weight excluding hydrogens is 352 g/mol. The highest BCUT2D eigenvalue weighted by molar-refractivity contribution is 6.00. The number of rotatable bonds is 6. The van der Waals surface area contributed by atoms with E-state index in [1.165, 1.54) is 17.9 Å². The molecule has 0 radical (unpaired) electrons. The zero-order chi connectivity index (χ0) is 19.4. The number of benzene rings is 1. The van der Waals surface area contributed by atoms with E-state index in [9.17, 15) is 14.4 Å². The molecule has 0 aliphatic carbocycles. The molecule has 1 N–H and O–H groups in total. The predicted molar refractivity (Wildman–Crippen MR) is 96.7 cm³/mol. The zero-order valence-electron chi connectivity index (χ0n) is 15.1. The van der Waals surface area contributed by atoms with Gasteiger partial charge in [0, 0.05) is 31.3 Å². The average Bonchev–Trinajstić information content (AvgIpc) is 3.07. The third-order valence-corrected chi connectivity index (χ3v) is 4.38. The third-order valence-electron chi connectivity index (χ3n) is 4.38. The molecule has 2 amide bonds. The SMILES string of the molecule is C=CCNC(=O)[C@@H](C)OC(=O)[C@@H]1CC(=O)N(c2ccc3c(c2)OCCO3)C1. The molecule has 1 saturated heterocycles. The summed E-state index contributed by atoms with van der Waals surface area (Å²) >= 11 is 0. The predicted octanol–water partition coefficient (Wildman–Crippen LogP) is 1.04. The summed E-state index contributed by atoms with van der Waals surface area (Å²) in [5.41, 5.74) is 0.635. The highest BCUT2D eigenvalue weighted by atomic mass is 16.6. The van der Waals surface area contributed by atoms with Gasteiger partial charge in [0.05, 0.1) is 5.92 Å². The number of anilines is 1. The van der Waals surface area contributed by atoms with Crippen LogP contribution in [0.15, 0.2) is 30.9 Å². The summed E-state index contributed by atoms with van der Waals surface area (Å²) in [6.07, 6.45) is 0.637. The standard InChI is InChI=1S/C19H22N2O6/c1-3-6-20-18(23)12(2)27-19(24)13-9-17(22)21(11-13)14-4-5-15-16(10-14)26-8-7-25-15/h3-5,10,12-13H,1,6-9,11H2,2H3,(H,20,23)/t12-,13-/m1/s1. The lowest BCUT2D eigenvalue weighted by Crippen LogP contribution is -2.37. The van der Waals surface area contributed by atoms with Gasteiger partial charge in [0.2, 0.25) is 5.91 Å². The number of fused-ring (bicyclic) bond motifs is 1. The Kier molecular flexibility index (Phi) is 5.63. The van der Waals surface area contributed by atoms with E-state index in [0.29, 0.717) is 36.9 Å². The minimum absolute atomic E-state index is 0.0360. The van der Waals surface area contributed by atoms with Crippen molar-refractivity contribution in [3.8, 4) is 11.5 Å². The van der Waals surface area contributed by atoms with Crippen LogP contribution in [0.1, 0.15) is 13.3 Å². The Labute approximate surface area is 157 Å². The van der Waals surface area contributed by atoms with E-state index in [1.54, 1.807) is 18.2 Å². The number of carbonyl (C=O) groups is 3. The van der Waals surface area contributed by atoms with Crippen LogP contribution in [0.2, 0.25) is 0 Å². The first-order valence-corrected chi connectivity index (χ1v) is 8.78. The van der Waals surface area contributed by atoms with Gasteiger partial charge in [-0.25, -0.2) is 0 Å². The maximum Gasteiger partial charge on any atom is 0.312 e. The van der Waals surface area contributed by atoms with Gasteiger partial charge in [0.25, 0.3) is 5.91 Å². The number of ether oxygens (including phenoxy) is 3. The minimum Gasteiger partial charge on any atom is -0.486 e. The van der Waals surface area contributed by atoms with Gasteiger partial charge in [0.1, 0.15) is 13.2 Å². The third kappa shape index (κ3) is 4.21. The van der Waals surface area contributed by atoms with Crippen LogP contribution >= 0.6 is 0 Å². The van der Waals surface area contributed by atoms with Crippen molar-refractivity contribution in [1.82, 2.24) is 5.32 Å². The molecule has 27 heavy (non-hydrogen) atoms. The van der Waals surface area contributed by atoms with Crippen molar-refractivity contribution in [3.63, 3.8) is 0 Å². The Balaban J connectivity index is 1.62. The quantitative estimate of drug-likeness (QED) is 0.591. The lowest BCUT2D eigenvalue weighted by molar-refractivity contribution is -0.158. The summed E-state index contributed by atoms with van der Waals surface area (Å²) in [6, 6.07) is 5.23. The van der Waals surface area contributed by atoms with Gasteiger partial charge in [-0.2, -0.15) is 0 Å². The first kappa shape index (κ1) is 18.8. The summed E-state index contributed by atoms with van der Waals surface area (Å²) in [5.74, 6) is -0.573. The molecule has 0 aromatic heterocycles. The van der Waals surface area contributed by atoms with E-state index < -0.39 is 23.9 Å². The van der Waals surface area contributed by atoms with Crippen LogP contribution in [0.25, 0.3) is 0 Å². The van der Waals surface area contributed by atoms with E-state index in [2.05, 4.69) is 11.9 Å². The van der Waals surface area contributed by atoms with Gasteiger partial charge in [-0.15, -0.1) is 6.58 Å². The lowest BCUT2D eigenvalue weighted by atomic mass is 10.1. The second kappa shape index (κ2) is 8.11. The second-order valence-electron chi connectivity index (χ2n) is 6.35. The van der Waals surface area contributed by atoms with E-state index in [4.69, 9.17) is 14.2 Å². The maximum absolute atomic E-state index is 12.4. The lowest BCUT2D eigenvalue weighted by Gasteiger charge is -2.22. The molecule has 2 heterocycles. The highest BCUT2D eigenvalue weighted by Gasteiger charge is 2.37. The molecule has 8 nitrogen and oxygen atoms in total. The van der Waals surface area contributed by atoms with Crippen molar-refractivity contribution in [2.45, 2.75) is 19.4 Å². The van der Waals surface area contributed by atoms with Crippen molar-refractivity contribution in [2.75, 3.05) is 31.2 Å². The molecule has 0 saturated carbocycles. The normalized spacial score (nSPS) is 19.4. The molecule has 2 aliphatic heterocycles. The number of amides is 2. The number of carbonyl (C=O) groups excluding carboxylic acids is 3. The van der Waals surface area contributed by atoms with Crippen LogP contribution in [0.4, 0.5) is 5.69 Å². The number of esters is 1. The topological polar surface area (TPSA) is 94.2 Å². The van der Waals surface area contributed by atoms with E-state index >= 15 is 0 Å². The molecule has 1 aromatic carbocycles. The molecule has 2 atom stereocenters. The Morgan fingerprint density at radius 1 is 1.37 bits per heavy atom. The summed E-state index contributed by atoms with van der Waals surface area (Å²) < 4.78 is 16.2. The maximum atomic E-state index is 12.4. The summed E-state index contributed by atoms with van der Waals surface area (Å²) in [7, 11) is 0. The van der Waals surface area contributed by atoms with Crippen LogP contribution < -0.4 is 19.7 Å². The van der Waals surface area contributed by atoms with Gasteiger partial charge >= 0.3 is 5.97 Å². The van der Waals surface area contributed by atoms with Gasteiger partial charge in [-0.3, -0.25) is 14.4 Å². The second-order valence-corrected chi connectivity index (χ2v) is 6.35. The van der Waals surface area contributed by atoms with Crippen molar-refractivity contribution in [3.05, 3.63) is 30.9 Å². The molecule has 144 valence electrons. The average molecular weight is 374 g/mol. The Morgan fingerprint density at radius 2 is 2.11 bits per heavy atom. The minimum atomic E-state index is -0.934. The molecular formula is C19H22N2O6. The van der Waals surface area contributed by atoms with E-state index in [0.717, 1.165) is 0 Å². The molecule has 0 bridgehead atoms. The van der Waals surface area contributed by atoms with Gasteiger partial charge in [0.15, 0.2) is 17.6 Å². The first-order valence-electron chi connectivity index (χ1n) is 8.78.